The average molecular weight is 175 g/mol. The maximum absolute atomic E-state index is 5.60. The van der Waals surface area contributed by atoms with Gasteiger partial charge in [-0.1, -0.05) is 12.1 Å². The van der Waals surface area contributed by atoms with Gasteiger partial charge in [-0.3, -0.25) is 0 Å². The molecule has 0 aliphatic rings. The Bertz CT molecular complexity index is 443. The van der Waals surface area contributed by atoms with Crippen LogP contribution in [0, 0.1) is 13.8 Å². The molecular weight excluding hydrogens is 162 g/mol. The lowest BCUT2D eigenvalue weighted by Gasteiger charge is -1.91. The molecule has 0 radical (unpaired) electrons. The molecule has 1 aromatic heterocycles. The lowest BCUT2D eigenvalue weighted by atomic mass is 10.1. The third-order valence-corrected chi connectivity index (χ3v) is 2.38. The Kier molecular flexibility index (Phi) is 1.85. The first-order valence-electron chi connectivity index (χ1n) is 4.41. The van der Waals surface area contributed by atoms with Crippen LogP contribution in [-0.2, 0) is 6.54 Å². The summed E-state index contributed by atoms with van der Waals surface area (Å²) >= 11 is 0. The van der Waals surface area contributed by atoms with E-state index in [1.54, 1.807) is 0 Å². The second-order valence-corrected chi connectivity index (χ2v) is 3.35. The molecule has 13 heavy (non-hydrogen) atoms. The maximum Gasteiger partial charge on any atom is 0.134 e. The van der Waals surface area contributed by atoms with Gasteiger partial charge in [0.1, 0.15) is 11.3 Å². The topological polar surface area (TPSA) is 39.2 Å². The smallest absolute Gasteiger partial charge is 0.134 e. The van der Waals surface area contributed by atoms with Crippen LogP contribution in [0.4, 0.5) is 0 Å². The van der Waals surface area contributed by atoms with E-state index in [0.29, 0.717) is 6.54 Å². The van der Waals surface area contributed by atoms with Crippen molar-refractivity contribution in [2.24, 2.45) is 5.73 Å². The first kappa shape index (κ1) is 8.32. The van der Waals surface area contributed by atoms with Crippen molar-refractivity contribution in [3.05, 3.63) is 35.1 Å². The Morgan fingerprint density at radius 3 is 2.77 bits per heavy atom. The molecule has 0 atom stereocenters. The van der Waals surface area contributed by atoms with Gasteiger partial charge in [0.2, 0.25) is 0 Å². The first-order valence-corrected chi connectivity index (χ1v) is 4.41. The van der Waals surface area contributed by atoms with Crippen molar-refractivity contribution in [3.8, 4) is 0 Å². The van der Waals surface area contributed by atoms with Gasteiger partial charge >= 0.3 is 0 Å². The number of furan rings is 1. The number of benzene rings is 1. The van der Waals surface area contributed by atoms with Crippen LogP contribution < -0.4 is 5.73 Å². The summed E-state index contributed by atoms with van der Waals surface area (Å²) in [6.07, 6.45) is 0. The second-order valence-electron chi connectivity index (χ2n) is 3.35. The Hall–Kier alpha value is -1.28. The number of hydrogen-bond acceptors (Lipinski definition) is 2. The number of fused-ring (bicyclic) bond motifs is 1. The van der Waals surface area contributed by atoms with Gasteiger partial charge < -0.3 is 10.2 Å². The summed E-state index contributed by atoms with van der Waals surface area (Å²) in [6, 6.07) is 6.22. The SMILES string of the molecule is Cc1ccc2c(C)c(CN)oc2c1. The molecule has 0 saturated heterocycles. The van der Waals surface area contributed by atoms with E-state index >= 15 is 0 Å². The molecule has 0 bridgehead atoms. The summed E-state index contributed by atoms with van der Waals surface area (Å²) in [6.45, 7) is 4.57. The second kappa shape index (κ2) is 2.89. The van der Waals surface area contributed by atoms with Crippen LogP contribution in [0.1, 0.15) is 16.9 Å². The first-order chi connectivity index (χ1) is 6.22. The van der Waals surface area contributed by atoms with Gasteiger partial charge in [-0.15, -0.1) is 0 Å². The highest BCUT2D eigenvalue weighted by Gasteiger charge is 2.07. The van der Waals surface area contributed by atoms with E-state index in [9.17, 15) is 0 Å². The van der Waals surface area contributed by atoms with Crippen molar-refractivity contribution in [3.63, 3.8) is 0 Å². The highest BCUT2D eigenvalue weighted by atomic mass is 16.3. The minimum Gasteiger partial charge on any atom is -0.459 e. The van der Waals surface area contributed by atoms with Gasteiger partial charge in [-0.05, 0) is 31.0 Å². The van der Waals surface area contributed by atoms with E-state index in [1.165, 1.54) is 10.9 Å². The van der Waals surface area contributed by atoms with Gasteiger partial charge in [0.15, 0.2) is 0 Å². The van der Waals surface area contributed by atoms with Crippen LogP contribution in [0.5, 0.6) is 0 Å². The highest BCUT2D eigenvalue weighted by molar-refractivity contribution is 5.82. The van der Waals surface area contributed by atoms with Crippen LogP contribution in [0.2, 0.25) is 0 Å². The molecule has 68 valence electrons. The Balaban J connectivity index is 2.76. The molecule has 2 aromatic rings. The molecule has 0 aliphatic heterocycles. The minimum absolute atomic E-state index is 0.472. The summed E-state index contributed by atoms with van der Waals surface area (Å²) in [4.78, 5) is 0. The van der Waals surface area contributed by atoms with E-state index in [4.69, 9.17) is 10.2 Å². The van der Waals surface area contributed by atoms with E-state index in [2.05, 4.69) is 19.1 Å². The van der Waals surface area contributed by atoms with Crippen molar-refractivity contribution in [1.29, 1.82) is 0 Å². The highest BCUT2D eigenvalue weighted by Crippen LogP contribution is 2.25. The molecule has 2 N–H and O–H groups in total. The lowest BCUT2D eigenvalue weighted by Crippen LogP contribution is -1.95. The Morgan fingerprint density at radius 1 is 1.31 bits per heavy atom. The zero-order chi connectivity index (χ0) is 9.42. The van der Waals surface area contributed by atoms with Crippen molar-refractivity contribution >= 4 is 11.0 Å². The standard InChI is InChI=1S/C11H13NO/c1-7-3-4-9-8(2)11(6-12)13-10(9)5-7/h3-5H,6,12H2,1-2H3. The van der Waals surface area contributed by atoms with E-state index in [0.717, 1.165) is 16.9 Å². The molecule has 0 aliphatic carbocycles. The predicted molar refractivity (Wildman–Crippen MR) is 53.6 cm³/mol. The average Bonchev–Trinajstić information content (AvgIpc) is 2.42. The van der Waals surface area contributed by atoms with Crippen LogP contribution in [-0.4, -0.2) is 0 Å². The molecule has 2 heteroatoms. The Labute approximate surface area is 77.3 Å². The zero-order valence-electron chi connectivity index (χ0n) is 7.92. The van der Waals surface area contributed by atoms with Gasteiger partial charge in [-0.2, -0.15) is 0 Å². The van der Waals surface area contributed by atoms with Crippen molar-refractivity contribution in [2.75, 3.05) is 0 Å². The van der Waals surface area contributed by atoms with Crippen LogP contribution >= 0.6 is 0 Å². The monoisotopic (exact) mass is 175 g/mol. The molecular formula is C11H13NO. The fourth-order valence-corrected chi connectivity index (χ4v) is 1.58. The predicted octanol–water partition coefficient (Wildman–Crippen LogP) is 2.51. The van der Waals surface area contributed by atoms with Crippen molar-refractivity contribution in [1.82, 2.24) is 0 Å². The molecule has 1 heterocycles. The summed E-state index contributed by atoms with van der Waals surface area (Å²) in [7, 11) is 0. The fraction of sp³-hybridized carbons (Fsp3) is 0.273. The normalized spacial score (nSPS) is 11.0. The largest absolute Gasteiger partial charge is 0.459 e. The lowest BCUT2D eigenvalue weighted by molar-refractivity contribution is 0.548. The fourth-order valence-electron chi connectivity index (χ4n) is 1.58. The Morgan fingerprint density at radius 2 is 2.08 bits per heavy atom. The molecule has 2 rings (SSSR count). The van der Waals surface area contributed by atoms with E-state index in [1.807, 2.05) is 13.0 Å². The summed E-state index contributed by atoms with van der Waals surface area (Å²) in [5, 5.41) is 1.17. The van der Waals surface area contributed by atoms with Crippen molar-refractivity contribution < 1.29 is 4.42 Å². The van der Waals surface area contributed by atoms with Gasteiger partial charge in [-0.25, -0.2) is 0 Å². The number of nitrogens with two attached hydrogens (primary N) is 1. The zero-order valence-corrected chi connectivity index (χ0v) is 7.92. The molecule has 0 unspecified atom stereocenters. The molecule has 0 fully saturated rings. The van der Waals surface area contributed by atoms with Gasteiger partial charge in [0.25, 0.3) is 0 Å². The van der Waals surface area contributed by atoms with E-state index in [-0.39, 0.29) is 0 Å². The van der Waals surface area contributed by atoms with Gasteiger partial charge in [0, 0.05) is 5.39 Å². The quantitative estimate of drug-likeness (QED) is 0.723. The van der Waals surface area contributed by atoms with E-state index < -0.39 is 0 Å². The number of hydrogen-bond donors (Lipinski definition) is 1. The van der Waals surface area contributed by atoms with Crippen LogP contribution in [0.15, 0.2) is 22.6 Å². The number of rotatable bonds is 1. The van der Waals surface area contributed by atoms with Crippen LogP contribution in [0.25, 0.3) is 11.0 Å². The third kappa shape index (κ3) is 1.23. The number of aryl methyl sites for hydroxylation is 2. The molecule has 2 nitrogen and oxygen atoms in total. The maximum atomic E-state index is 5.60. The molecule has 1 aromatic carbocycles. The molecule has 0 spiro atoms. The van der Waals surface area contributed by atoms with Crippen LogP contribution in [0.3, 0.4) is 0 Å². The van der Waals surface area contributed by atoms with Crippen molar-refractivity contribution in [2.45, 2.75) is 20.4 Å². The minimum atomic E-state index is 0.472. The summed E-state index contributed by atoms with van der Waals surface area (Å²) < 4.78 is 5.60. The summed E-state index contributed by atoms with van der Waals surface area (Å²) in [5.41, 5.74) is 8.88. The summed E-state index contributed by atoms with van der Waals surface area (Å²) in [5.74, 6) is 0.889. The molecule has 0 amide bonds. The molecule has 0 saturated carbocycles. The van der Waals surface area contributed by atoms with Gasteiger partial charge in [0.05, 0.1) is 6.54 Å². The third-order valence-electron chi connectivity index (χ3n) is 2.38.